The second kappa shape index (κ2) is 7.49. The molecule has 98 valence electrons. The van der Waals surface area contributed by atoms with Gasteiger partial charge in [-0.1, -0.05) is 34.1 Å². The Bertz CT molecular complexity index is 282. The summed E-state index contributed by atoms with van der Waals surface area (Å²) in [6.07, 6.45) is 8.50. The monoisotopic (exact) mass is 237 g/mol. The Balaban J connectivity index is 2.53. The molecule has 0 spiro atoms. The van der Waals surface area contributed by atoms with Gasteiger partial charge < -0.3 is 10.3 Å². The molecule has 3 unspecified atom stereocenters. The number of hydrogen-bond donors (Lipinski definition) is 2. The Labute approximate surface area is 105 Å². The van der Waals surface area contributed by atoms with Crippen LogP contribution in [0.4, 0.5) is 0 Å². The molecule has 17 heavy (non-hydrogen) atoms. The number of hydrogen-bond acceptors (Lipinski definition) is 2. The molecule has 0 aromatic carbocycles. The van der Waals surface area contributed by atoms with Gasteiger partial charge in [-0.05, 0) is 25.2 Å². The number of aromatic nitrogens is 2. The first-order valence-electron chi connectivity index (χ1n) is 6.96. The fourth-order valence-corrected chi connectivity index (χ4v) is 2.15. The van der Waals surface area contributed by atoms with Crippen LogP contribution in [0.25, 0.3) is 0 Å². The van der Waals surface area contributed by atoms with Gasteiger partial charge in [-0.25, -0.2) is 4.98 Å². The Morgan fingerprint density at radius 2 is 2.00 bits per heavy atom. The van der Waals surface area contributed by atoms with E-state index < -0.39 is 0 Å². The van der Waals surface area contributed by atoms with Crippen LogP contribution in [0.15, 0.2) is 12.4 Å². The number of aromatic amines is 1. The summed E-state index contributed by atoms with van der Waals surface area (Å²) in [7, 11) is 0. The molecule has 3 nitrogen and oxygen atoms in total. The van der Waals surface area contributed by atoms with Crippen molar-refractivity contribution >= 4 is 0 Å². The van der Waals surface area contributed by atoms with Crippen molar-refractivity contribution in [1.82, 2.24) is 15.3 Å². The number of nitrogens with one attached hydrogen (secondary N) is 2. The van der Waals surface area contributed by atoms with Crippen molar-refractivity contribution in [3.8, 4) is 0 Å². The minimum atomic E-state index is 0.360. The largest absolute Gasteiger partial charge is 0.347 e. The van der Waals surface area contributed by atoms with Crippen molar-refractivity contribution in [3.63, 3.8) is 0 Å². The van der Waals surface area contributed by atoms with Crippen LogP contribution in [0.1, 0.15) is 65.2 Å². The third kappa shape index (κ3) is 4.50. The van der Waals surface area contributed by atoms with Gasteiger partial charge in [0.15, 0.2) is 0 Å². The van der Waals surface area contributed by atoms with Crippen molar-refractivity contribution in [3.05, 3.63) is 18.2 Å². The molecule has 1 aromatic heterocycles. The molecule has 0 amide bonds. The lowest BCUT2D eigenvalue weighted by Crippen LogP contribution is -2.34. The molecule has 0 aliphatic heterocycles. The summed E-state index contributed by atoms with van der Waals surface area (Å²) < 4.78 is 0. The normalized spacial score (nSPS) is 16.7. The molecule has 0 fully saturated rings. The lowest BCUT2D eigenvalue weighted by molar-refractivity contribution is 0.340. The van der Waals surface area contributed by atoms with Crippen LogP contribution in [0.5, 0.6) is 0 Å². The number of imidazole rings is 1. The van der Waals surface area contributed by atoms with Crippen LogP contribution in [0, 0.1) is 5.92 Å². The average molecular weight is 237 g/mol. The van der Waals surface area contributed by atoms with Gasteiger partial charge in [-0.2, -0.15) is 0 Å². The first-order chi connectivity index (χ1) is 8.21. The van der Waals surface area contributed by atoms with E-state index in [4.69, 9.17) is 0 Å². The van der Waals surface area contributed by atoms with E-state index >= 15 is 0 Å². The molecule has 0 saturated carbocycles. The Morgan fingerprint density at radius 3 is 2.47 bits per heavy atom. The van der Waals surface area contributed by atoms with Crippen LogP contribution >= 0.6 is 0 Å². The summed E-state index contributed by atoms with van der Waals surface area (Å²) in [6, 6.07) is 0.957. The van der Waals surface area contributed by atoms with Gasteiger partial charge in [0.2, 0.25) is 0 Å². The van der Waals surface area contributed by atoms with E-state index in [0.717, 1.165) is 18.2 Å². The standard InChI is InChI=1S/C14H27N3/c1-5-11(4)10-12(6-2)17-13(7-3)14-15-8-9-16-14/h8-9,11-13,17H,5-7,10H2,1-4H3,(H,15,16). The molecular formula is C14H27N3. The molecule has 2 N–H and O–H groups in total. The molecule has 0 aliphatic rings. The summed E-state index contributed by atoms with van der Waals surface area (Å²) in [5.74, 6) is 1.86. The highest BCUT2D eigenvalue weighted by molar-refractivity contribution is 4.96. The molecule has 1 heterocycles. The molecule has 0 radical (unpaired) electrons. The molecule has 0 aliphatic carbocycles. The van der Waals surface area contributed by atoms with Crippen LogP contribution in [0.2, 0.25) is 0 Å². The highest BCUT2D eigenvalue weighted by atomic mass is 15.0. The maximum Gasteiger partial charge on any atom is 0.123 e. The summed E-state index contributed by atoms with van der Waals surface area (Å²) in [5.41, 5.74) is 0. The van der Waals surface area contributed by atoms with E-state index in [9.17, 15) is 0 Å². The van der Waals surface area contributed by atoms with Gasteiger partial charge in [0, 0.05) is 18.4 Å². The van der Waals surface area contributed by atoms with E-state index in [-0.39, 0.29) is 0 Å². The van der Waals surface area contributed by atoms with Crippen LogP contribution in [0.3, 0.4) is 0 Å². The number of rotatable bonds is 8. The quantitative estimate of drug-likeness (QED) is 0.724. The minimum absolute atomic E-state index is 0.360. The number of H-pyrrole nitrogens is 1. The van der Waals surface area contributed by atoms with E-state index in [0.29, 0.717) is 12.1 Å². The van der Waals surface area contributed by atoms with E-state index in [2.05, 4.69) is 43.0 Å². The zero-order valence-electron chi connectivity index (χ0n) is 11.7. The van der Waals surface area contributed by atoms with Crippen LogP contribution in [-0.2, 0) is 0 Å². The topological polar surface area (TPSA) is 40.7 Å². The maximum absolute atomic E-state index is 4.36. The highest BCUT2D eigenvalue weighted by Gasteiger charge is 2.17. The molecule has 1 rings (SSSR count). The molecule has 3 heteroatoms. The lowest BCUT2D eigenvalue weighted by atomic mass is 9.97. The number of nitrogens with zero attached hydrogens (tertiary/aromatic N) is 1. The van der Waals surface area contributed by atoms with Gasteiger partial charge in [0.05, 0.1) is 6.04 Å². The van der Waals surface area contributed by atoms with E-state index in [1.165, 1.54) is 19.3 Å². The van der Waals surface area contributed by atoms with E-state index in [1.54, 1.807) is 0 Å². The predicted molar refractivity (Wildman–Crippen MR) is 72.9 cm³/mol. The summed E-state index contributed by atoms with van der Waals surface area (Å²) in [4.78, 5) is 7.57. The van der Waals surface area contributed by atoms with Crippen molar-refractivity contribution < 1.29 is 0 Å². The first-order valence-corrected chi connectivity index (χ1v) is 6.96. The van der Waals surface area contributed by atoms with Gasteiger partial charge >= 0.3 is 0 Å². The predicted octanol–water partition coefficient (Wildman–Crippen LogP) is 3.67. The second-order valence-electron chi connectivity index (χ2n) is 4.96. The van der Waals surface area contributed by atoms with Crippen LogP contribution < -0.4 is 5.32 Å². The first kappa shape index (κ1) is 14.2. The third-order valence-corrected chi connectivity index (χ3v) is 3.57. The molecule has 3 atom stereocenters. The fourth-order valence-electron chi connectivity index (χ4n) is 2.15. The van der Waals surface area contributed by atoms with Crippen LogP contribution in [-0.4, -0.2) is 16.0 Å². The summed E-state index contributed by atoms with van der Waals surface area (Å²) in [6.45, 7) is 9.06. The summed E-state index contributed by atoms with van der Waals surface area (Å²) in [5, 5.41) is 3.73. The average Bonchev–Trinajstić information content (AvgIpc) is 2.87. The molecule has 0 bridgehead atoms. The Kier molecular flexibility index (Phi) is 6.27. The van der Waals surface area contributed by atoms with Gasteiger partial charge in [-0.3, -0.25) is 0 Å². The zero-order valence-corrected chi connectivity index (χ0v) is 11.7. The Hall–Kier alpha value is -0.830. The smallest absolute Gasteiger partial charge is 0.123 e. The minimum Gasteiger partial charge on any atom is -0.347 e. The third-order valence-electron chi connectivity index (χ3n) is 3.57. The lowest BCUT2D eigenvalue weighted by Gasteiger charge is -2.25. The maximum atomic E-state index is 4.36. The van der Waals surface area contributed by atoms with E-state index in [1.807, 2.05) is 12.4 Å². The molecule has 0 saturated heterocycles. The van der Waals surface area contributed by atoms with Gasteiger partial charge in [-0.15, -0.1) is 0 Å². The van der Waals surface area contributed by atoms with Crippen molar-refractivity contribution in [2.45, 2.75) is 65.5 Å². The molecular weight excluding hydrogens is 210 g/mol. The van der Waals surface area contributed by atoms with Crippen molar-refractivity contribution in [2.75, 3.05) is 0 Å². The second-order valence-corrected chi connectivity index (χ2v) is 4.96. The van der Waals surface area contributed by atoms with Crippen molar-refractivity contribution in [1.29, 1.82) is 0 Å². The molecule has 1 aromatic rings. The SMILES string of the molecule is CCC(C)CC(CC)NC(CC)c1ncc[nH]1. The highest BCUT2D eigenvalue weighted by Crippen LogP contribution is 2.18. The van der Waals surface area contributed by atoms with Crippen molar-refractivity contribution in [2.24, 2.45) is 5.92 Å². The fraction of sp³-hybridized carbons (Fsp3) is 0.786. The van der Waals surface area contributed by atoms with Gasteiger partial charge in [0.25, 0.3) is 0 Å². The Morgan fingerprint density at radius 1 is 1.24 bits per heavy atom. The van der Waals surface area contributed by atoms with Gasteiger partial charge in [0.1, 0.15) is 5.82 Å². The summed E-state index contributed by atoms with van der Waals surface area (Å²) >= 11 is 0. The zero-order chi connectivity index (χ0) is 12.7.